The van der Waals surface area contributed by atoms with Crippen molar-refractivity contribution in [3.05, 3.63) is 29.8 Å². The maximum Gasteiger partial charge on any atom is 0.115 e. The topological polar surface area (TPSA) is 35.5 Å². The summed E-state index contributed by atoms with van der Waals surface area (Å²) in [5.41, 5.74) is 1.11. The van der Waals surface area contributed by atoms with Crippen molar-refractivity contribution in [1.82, 2.24) is 10.2 Å². The first kappa shape index (κ1) is 12.0. The van der Waals surface area contributed by atoms with E-state index in [2.05, 4.69) is 31.2 Å². The Hall–Kier alpha value is -1.06. The zero-order valence-corrected chi connectivity index (χ0v) is 9.70. The molecule has 0 heterocycles. The molecule has 0 fully saturated rings. The fourth-order valence-corrected chi connectivity index (χ4v) is 1.57. The lowest BCUT2D eigenvalue weighted by Gasteiger charge is -2.18. The summed E-state index contributed by atoms with van der Waals surface area (Å²) < 4.78 is 0. The molecule has 1 aromatic rings. The van der Waals surface area contributed by atoms with Crippen LogP contribution in [0.1, 0.15) is 12.5 Å². The highest BCUT2D eigenvalue weighted by molar-refractivity contribution is 5.26. The van der Waals surface area contributed by atoms with Crippen LogP contribution in [0.15, 0.2) is 24.3 Å². The van der Waals surface area contributed by atoms with Crippen molar-refractivity contribution in [2.75, 3.05) is 20.6 Å². The van der Waals surface area contributed by atoms with E-state index in [1.807, 2.05) is 12.1 Å². The number of rotatable bonds is 5. The molecule has 1 unspecified atom stereocenters. The third-order valence-corrected chi connectivity index (χ3v) is 2.20. The van der Waals surface area contributed by atoms with Crippen LogP contribution in [0.4, 0.5) is 0 Å². The van der Waals surface area contributed by atoms with Crippen molar-refractivity contribution in [2.24, 2.45) is 0 Å². The van der Waals surface area contributed by atoms with Gasteiger partial charge >= 0.3 is 0 Å². The van der Waals surface area contributed by atoms with Gasteiger partial charge in [0.2, 0.25) is 0 Å². The van der Waals surface area contributed by atoms with Crippen molar-refractivity contribution >= 4 is 0 Å². The van der Waals surface area contributed by atoms with Gasteiger partial charge in [0.25, 0.3) is 0 Å². The zero-order chi connectivity index (χ0) is 11.3. The number of hydrogen-bond acceptors (Lipinski definition) is 3. The summed E-state index contributed by atoms with van der Waals surface area (Å²) >= 11 is 0. The summed E-state index contributed by atoms with van der Waals surface area (Å²) in [5, 5.41) is 12.7. The highest BCUT2D eigenvalue weighted by Crippen LogP contribution is 2.10. The standard InChI is InChI=1S/C12H20N2O/c1-10(9-14(2)3)13-8-11-5-4-6-12(15)7-11/h4-7,10,13,15H,8-9H2,1-3H3. The predicted molar refractivity (Wildman–Crippen MR) is 63.0 cm³/mol. The number of aromatic hydroxyl groups is 1. The first-order valence-corrected chi connectivity index (χ1v) is 5.24. The zero-order valence-electron chi connectivity index (χ0n) is 9.70. The van der Waals surface area contributed by atoms with E-state index in [4.69, 9.17) is 0 Å². The van der Waals surface area contributed by atoms with Crippen molar-refractivity contribution < 1.29 is 5.11 Å². The summed E-state index contributed by atoms with van der Waals surface area (Å²) in [4.78, 5) is 2.15. The van der Waals surface area contributed by atoms with Gasteiger partial charge in [-0.15, -0.1) is 0 Å². The van der Waals surface area contributed by atoms with E-state index < -0.39 is 0 Å². The minimum Gasteiger partial charge on any atom is -0.508 e. The number of nitrogens with one attached hydrogen (secondary N) is 1. The molecule has 2 N–H and O–H groups in total. The number of benzene rings is 1. The van der Waals surface area contributed by atoms with E-state index in [1.54, 1.807) is 12.1 Å². The van der Waals surface area contributed by atoms with Gasteiger partial charge in [-0.25, -0.2) is 0 Å². The first-order chi connectivity index (χ1) is 7.08. The fourth-order valence-electron chi connectivity index (χ4n) is 1.57. The van der Waals surface area contributed by atoms with Gasteiger partial charge in [-0.1, -0.05) is 12.1 Å². The van der Waals surface area contributed by atoms with Crippen LogP contribution in [0.2, 0.25) is 0 Å². The van der Waals surface area contributed by atoms with Crippen LogP contribution in [0, 0.1) is 0 Å². The molecular weight excluding hydrogens is 188 g/mol. The molecule has 3 nitrogen and oxygen atoms in total. The highest BCUT2D eigenvalue weighted by atomic mass is 16.3. The minimum atomic E-state index is 0.328. The van der Waals surface area contributed by atoms with Crippen LogP contribution >= 0.6 is 0 Å². The third-order valence-electron chi connectivity index (χ3n) is 2.20. The molecule has 1 atom stereocenters. The van der Waals surface area contributed by atoms with Crippen LogP contribution in [-0.4, -0.2) is 36.7 Å². The molecular formula is C12H20N2O. The second-order valence-electron chi connectivity index (χ2n) is 4.21. The van der Waals surface area contributed by atoms with E-state index in [9.17, 15) is 5.11 Å². The molecule has 1 aromatic carbocycles. The average Bonchev–Trinajstić information content (AvgIpc) is 2.14. The molecule has 84 valence electrons. The lowest BCUT2D eigenvalue weighted by molar-refractivity contribution is 0.349. The predicted octanol–water partition coefficient (Wildman–Crippen LogP) is 1.43. The number of nitrogens with zero attached hydrogens (tertiary/aromatic N) is 1. The van der Waals surface area contributed by atoms with E-state index in [0.29, 0.717) is 11.8 Å². The lowest BCUT2D eigenvalue weighted by atomic mass is 10.2. The van der Waals surface area contributed by atoms with Gasteiger partial charge in [0.05, 0.1) is 0 Å². The Labute approximate surface area is 91.7 Å². The first-order valence-electron chi connectivity index (χ1n) is 5.24. The van der Waals surface area contributed by atoms with E-state index >= 15 is 0 Å². The third kappa shape index (κ3) is 4.81. The molecule has 0 radical (unpaired) electrons. The van der Waals surface area contributed by atoms with Crippen molar-refractivity contribution in [1.29, 1.82) is 0 Å². The highest BCUT2D eigenvalue weighted by Gasteiger charge is 2.02. The van der Waals surface area contributed by atoms with Gasteiger partial charge in [0.1, 0.15) is 5.75 Å². The van der Waals surface area contributed by atoms with Crippen LogP contribution in [0.5, 0.6) is 5.75 Å². The molecule has 0 bridgehead atoms. The summed E-state index contributed by atoms with van der Waals surface area (Å²) in [5.74, 6) is 0.328. The maximum atomic E-state index is 9.29. The van der Waals surface area contributed by atoms with Crippen LogP contribution < -0.4 is 5.32 Å². The van der Waals surface area contributed by atoms with Gasteiger partial charge < -0.3 is 15.3 Å². The Morgan fingerprint density at radius 1 is 1.40 bits per heavy atom. The van der Waals surface area contributed by atoms with Gasteiger partial charge in [0, 0.05) is 19.1 Å². The van der Waals surface area contributed by atoms with E-state index in [-0.39, 0.29) is 0 Å². The molecule has 3 heteroatoms. The van der Waals surface area contributed by atoms with Crippen molar-refractivity contribution in [3.8, 4) is 5.75 Å². The molecule has 0 aliphatic carbocycles. The normalized spacial score (nSPS) is 13.1. The smallest absolute Gasteiger partial charge is 0.115 e. The number of likely N-dealkylation sites (N-methyl/N-ethyl adjacent to an activating group) is 1. The molecule has 0 spiro atoms. The number of phenols is 1. The van der Waals surface area contributed by atoms with Crippen molar-refractivity contribution in [3.63, 3.8) is 0 Å². The Bertz CT molecular complexity index is 299. The molecule has 15 heavy (non-hydrogen) atoms. The second-order valence-corrected chi connectivity index (χ2v) is 4.21. The largest absolute Gasteiger partial charge is 0.508 e. The van der Waals surface area contributed by atoms with Gasteiger partial charge in [-0.2, -0.15) is 0 Å². The number of hydrogen-bond donors (Lipinski definition) is 2. The molecule has 0 saturated heterocycles. The molecule has 0 aromatic heterocycles. The van der Waals surface area contributed by atoms with Crippen LogP contribution in [0.3, 0.4) is 0 Å². The van der Waals surface area contributed by atoms with Crippen LogP contribution in [0.25, 0.3) is 0 Å². The number of phenolic OH excluding ortho intramolecular Hbond substituents is 1. The van der Waals surface area contributed by atoms with Gasteiger partial charge in [0.15, 0.2) is 0 Å². The van der Waals surface area contributed by atoms with Crippen molar-refractivity contribution in [2.45, 2.75) is 19.5 Å². The SMILES string of the molecule is CC(CN(C)C)NCc1cccc(O)c1. The monoisotopic (exact) mass is 208 g/mol. The maximum absolute atomic E-state index is 9.29. The lowest BCUT2D eigenvalue weighted by Crippen LogP contribution is -2.35. The summed E-state index contributed by atoms with van der Waals surface area (Å²) in [6, 6.07) is 7.79. The quantitative estimate of drug-likeness (QED) is 0.768. The fraction of sp³-hybridized carbons (Fsp3) is 0.500. The summed E-state index contributed by atoms with van der Waals surface area (Å²) in [6.07, 6.45) is 0. The Kier molecular flexibility index (Phi) is 4.59. The van der Waals surface area contributed by atoms with E-state index in [1.165, 1.54) is 0 Å². The summed E-state index contributed by atoms with van der Waals surface area (Å²) in [7, 11) is 4.12. The Morgan fingerprint density at radius 2 is 2.13 bits per heavy atom. The van der Waals surface area contributed by atoms with Crippen LogP contribution in [-0.2, 0) is 6.54 Å². The molecule has 0 saturated carbocycles. The second kappa shape index (κ2) is 5.73. The average molecular weight is 208 g/mol. The Balaban J connectivity index is 2.36. The van der Waals surface area contributed by atoms with Gasteiger partial charge in [-0.3, -0.25) is 0 Å². The molecule has 0 aliphatic rings. The molecule has 0 amide bonds. The minimum absolute atomic E-state index is 0.328. The Morgan fingerprint density at radius 3 is 2.73 bits per heavy atom. The molecule has 1 rings (SSSR count). The molecule has 0 aliphatic heterocycles. The summed E-state index contributed by atoms with van der Waals surface area (Å²) in [6.45, 7) is 3.96. The van der Waals surface area contributed by atoms with E-state index in [0.717, 1.165) is 18.7 Å². The van der Waals surface area contributed by atoms with Gasteiger partial charge in [-0.05, 0) is 38.7 Å².